The monoisotopic (exact) mass is 542 g/mol. The summed E-state index contributed by atoms with van der Waals surface area (Å²) in [7, 11) is 2.14. The normalized spacial score (nSPS) is 16.8. The van der Waals surface area contributed by atoms with Gasteiger partial charge in [0.2, 0.25) is 0 Å². The van der Waals surface area contributed by atoms with Crippen molar-refractivity contribution in [2.45, 2.75) is 25.3 Å². The number of rotatable bonds is 7. The highest BCUT2D eigenvalue weighted by atomic mass is 19.1. The Labute approximate surface area is 233 Å². The lowest BCUT2D eigenvalue weighted by Gasteiger charge is -2.34. The van der Waals surface area contributed by atoms with Crippen molar-refractivity contribution in [3.63, 3.8) is 0 Å². The SMILES string of the molecule is CN1CCN(c2ccc(C(=O)Nc3n[nH]c4ccc(Cc5cccc(F)c5)cc34)c(NC3CCOCC3)c2)CC1. The first kappa shape index (κ1) is 26.3. The Kier molecular flexibility index (Phi) is 7.66. The third kappa shape index (κ3) is 5.95. The molecule has 2 saturated heterocycles. The summed E-state index contributed by atoms with van der Waals surface area (Å²) in [6, 6.07) is 18.8. The fraction of sp³-hybridized carbons (Fsp3) is 0.355. The summed E-state index contributed by atoms with van der Waals surface area (Å²) in [5.41, 5.74) is 5.24. The van der Waals surface area contributed by atoms with Crippen LogP contribution in [0.4, 0.5) is 21.6 Å². The molecule has 0 unspecified atom stereocenters. The average molecular weight is 543 g/mol. The van der Waals surface area contributed by atoms with E-state index in [0.717, 1.165) is 72.4 Å². The van der Waals surface area contributed by atoms with E-state index in [1.807, 2.05) is 36.4 Å². The van der Waals surface area contributed by atoms with E-state index < -0.39 is 0 Å². The first-order valence-corrected chi connectivity index (χ1v) is 14.0. The summed E-state index contributed by atoms with van der Waals surface area (Å²) in [6.45, 7) is 5.37. The lowest BCUT2D eigenvalue weighted by molar-refractivity contribution is 0.0904. The minimum Gasteiger partial charge on any atom is -0.381 e. The summed E-state index contributed by atoms with van der Waals surface area (Å²) in [4.78, 5) is 18.4. The Morgan fingerprint density at radius 2 is 1.82 bits per heavy atom. The zero-order valence-electron chi connectivity index (χ0n) is 22.8. The first-order chi connectivity index (χ1) is 19.5. The van der Waals surface area contributed by atoms with Gasteiger partial charge in [0.1, 0.15) is 5.82 Å². The van der Waals surface area contributed by atoms with Crippen molar-refractivity contribution in [3.8, 4) is 0 Å². The van der Waals surface area contributed by atoms with Crippen LogP contribution in [0.3, 0.4) is 0 Å². The highest BCUT2D eigenvalue weighted by molar-refractivity contribution is 6.11. The van der Waals surface area contributed by atoms with E-state index in [9.17, 15) is 9.18 Å². The van der Waals surface area contributed by atoms with Gasteiger partial charge in [0.15, 0.2) is 5.82 Å². The third-order valence-electron chi connectivity index (χ3n) is 7.85. The number of H-pyrrole nitrogens is 1. The van der Waals surface area contributed by atoms with Crippen molar-refractivity contribution < 1.29 is 13.9 Å². The summed E-state index contributed by atoms with van der Waals surface area (Å²) in [5.74, 6) is 0.00308. The number of hydrogen-bond acceptors (Lipinski definition) is 6. The van der Waals surface area contributed by atoms with Gasteiger partial charge in [-0.25, -0.2) is 4.39 Å². The molecule has 6 rings (SSSR count). The molecule has 0 radical (unpaired) electrons. The molecule has 0 atom stereocenters. The predicted octanol–water partition coefficient (Wildman–Crippen LogP) is 4.89. The standard InChI is InChI=1S/C31H35FN6O2/c1-37-11-13-38(14-12-37)25-6-7-26(29(20-25)33-24-9-15-40-16-10-24)31(39)34-30-27-19-22(5-8-28(27)35-36-30)17-21-3-2-4-23(32)18-21/h2-8,18-20,24,33H,9-17H2,1H3,(H2,34,35,36,39). The molecular formula is C31H35FN6O2. The molecule has 0 spiro atoms. The van der Waals surface area contributed by atoms with Crippen LogP contribution in [-0.4, -0.2) is 73.5 Å². The first-order valence-electron chi connectivity index (χ1n) is 14.0. The van der Waals surface area contributed by atoms with E-state index in [2.05, 4.69) is 43.7 Å². The molecule has 0 saturated carbocycles. The summed E-state index contributed by atoms with van der Waals surface area (Å²) >= 11 is 0. The van der Waals surface area contributed by atoms with E-state index >= 15 is 0 Å². The highest BCUT2D eigenvalue weighted by Crippen LogP contribution is 2.29. The van der Waals surface area contributed by atoms with Crippen molar-refractivity contribution >= 4 is 34.0 Å². The number of aromatic nitrogens is 2. The second-order valence-electron chi connectivity index (χ2n) is 10.8. The van der Waals surface area contributed by atoms with Crippen LogP contribution in [0.2, 0.25) is 0 Å². The van der Waals surface area contributed by atoms with Crippen molar-refractivity contribution in [2.75, 3.05) is 62.0 Å². The van der Waals surface area contributed by atoms with E-state index in [1.165, 1.54) is 6.07 Å². The zero-order valence-corrected chi connectivity index (χ0v) is 22.8. The van der Waals surface area contributed by atoms with Crippen LogP contribution in [0, 0.1) is 5.82 Å². The molecule has 3 heterocycles. The maximum absolute atomic E-state index is 13.7. The summed E-state index contributed by atoms with van der Waals surface area (Å²) in [5, 5.41) is 14.9. The van der Waals surface area contributed by atoms with Gasteiger partial charge in [0.05, 0.1) is 11.1 Å². The maximum atomic E-state index is 13.7. The molecule has 2 aliphatic heterocycles. The zero-order chi connectivity index (χ0) is 27.5. The van der Waals surface area contributed by atoms with Crippen LogP contribution < -0.4 is 15.5 Å². The number of benzene rings is 3. The largest absolute Gasteiger partial charge is 0.381 e. The molecular weight excluding hydrogens is 507 g/mol. The lowest BCUT2D eigenvalue weighted by Crippen LogP contribution is -2.44. The smallest absolute Gasteiger partial charge is 0.258 e. The minimum atomic E-state index is -0.251. The molecule has 1 aromatic heterocycles. The number of halogens is 1. The molecule has 9 heteroatoms. The van der Waals surface area contributed by atoms with Gasteiger partial charge in [-0.3, -0.25) is 9.89 Å². The van der Waals surface area contributed by atoms with Crippen molar-refractivity contribution in [1.29, 1.82) is 0 Å². The maximum Gasteiger partial charge on any atom is 0.258 e. The van der Waals surface area contributed by atoms with E-state index in [0.29, 0.717) is 31.0 Å². The van der Waals surface area contributed by atoms with Gasteiger partial charge in [-0.2, -0.15) is 5.10 Å². The Hall–Kier alpha value is -3.95. The minimum absolute atomic E-state index is 0.219. The second-order valence-corrected chi connectivity index (χ2v) is 10.8. The van der Waals surface area contributed by atoms with Gasteiger partial charge in [0.25, 0.3) is 5.91 Å². The van der Waals surface area contributed by atoms with E-state index in [-0.39, 0.29) is 17.8 Å². The Morgan fingerprint density at radius 3 is 2.62 bits per heavy atom. The van der Waals surface area contributed by atoms with Crippen molar-refractivity contribution in [2.24, 2.45) is 0 Å². The Morgan fingerprint density at radius 1 is 1.02 bits per heavy atom. The Balaban J connectivity index is 1.25. The van der Waals surface area contributed by atoms with Crippen LogP contribution in [0.1, 0.15) is 34.3 Å². The highest BCUT2D eigenvalue weighted by Gasteiger charge is 2.22. The number of fused-ring (bicyclic) bond motifs is 1. The van der Waals surface area contributed by atoms with E-state index in [1.54, 1.807) is 12.1 Å². The number of carbonyl (C=O) groups excluding carboxylic acids is 1. The molecule has 0 bridgehead atoms. The molecule has 40 heavy (non-hydrogen) atoms. The van der Waals surface area contributed by atoms with Gasteiger partial charge >= 0.3 is 0 Å². The van der Waals surface area contributed by atoms with Crippen molar-refractivity contribution in [3.05, 3.63) is 83.2 Å². The van der Waals surface area contributed by atoms with Gasteiger partial charge in [-0.1, -0.05) is 18.2 Å². The lowest BCUT2D eigenvalue weighted by atomic mass is 10.0. The second kappa shape index (κ2) is 11.7. The van der Waals surface area contributed by atoms with Gasteiger partial charge in [-0.05, 0) is 79.9 Å². The van der Waals surface area contributed by atoms with Crippen LogP contribution >= 0.6 is 0 Å². The van der Waals surface area contributed by atoms with Crippen LogP contribution in [0.15, 0.2) is 60.7 Å². The molecule has 3 N–H and O–H groups in total. The van der Waals surface area contributed by atoms with Crippen LogP contribution in [0.5, 0.6) is 0 Å². The number of amides is 1. The molecule has 2 fully saturated rings. The number of carbonyl (C=O) groups is 1. The number of aromatic amines is 1. The molecule has 8 nitrogen and oxygen atoms in total. The molecule has 2 aliphatic rings. The molecule has 208 valence electrons. The quantitative estimate of drug-likeness (QED) is 0.309. The molecule has 0 aliphatic carbocycles. The number of anilines is 3. The number of nitrogens with zero attached hydrogens (tertiary/aromatic N) is 3. The van der Waals surface area contributed by atoms with Gasteiger partial charge < -0.3 is 25.2 Å². The van der Waals surface area contributed by atoms with Crippen molar-refractivity contribution in [1.82, 2.24) is 15.1 Å². The summed E-state index contributed by atoms with van der Waals surface area (Å²) in [6.07, 6.45) is 2.38. The number of piperazine rings is 1. The van der Waals surface area contributed by atoms with E-state index in [4.69, 9.17) is 4.74 Å². The van der Waals surface area contributed by atoms with Crippen LogP contribution in [-0.2, 0) is 11.2 Å². The van der Waals surface area contributed by atoms with Crippen LogP contribution in [0.25, 0.3) is 10.9 Å². The number of hydrogen-bond donors (Lipinski definition) is 3. The molecule has 3 aromatic carbocycles. The number of nitrogens with one attached hydrogen (secondary N) is 3. The fourth-order valence-electron chi connectivity index (χ4n) is 5.50. The number of likely N-dealkylation sites (N-methyl/N-ethyl adjacent to an activating group) is 1. The fourth-order valence-corrected chi connectivity index (χ4v) is 5.50. The average Bonchev–Trinajstić information content (AvgIpc) is 3.35. The van der Waals surface area contributed by atoms with Gasteiger partial charge in [-0.15, -0.1) is 0 Å². The Bertz CT molecular complexity index is 1490. The predicted molar refractivity (Wildman–Crippen MR) is 157 cm³/mol. The number of ether oxygens (including phenoxy) is 1. The van der Waals surface area contributed by atoms with Gasteiger partial charge in [0, 0.05) is 62.2 Å². The topological polar surface area (TPSA) is 85.5 Å². The third-order valence-corrected chi connectivity index (χ3v) is 7.85. The molecule has 1 amide bonds. The summed E-state index contributed by atoms with van der Waals surface area (Å²) < 4.78 is 19.2. The molecule has 4 aromatic rings.